The lowest BCUT2D eigenvalue weighted by molar-refractivity contribution is -0.146. The normalized spacial score (nSPS) is 24.9. The number of aliphatic hydroxyl groups is 1. The number of aryl methyl sites for hydroxylation is 1. The summed E-state index contributed by atoms with van der Waals surface area (Å²) in [5, 5.41) is 10.9. The molecule has 0 aliphatic carbocycles. The molecule has 1 spiro atoms. The van der Waals surface area contributed by atoms with E-state index in [2.05, 4.69) is 0 Å². The first kappa shape index (κ1) is 23.6. The van der Waals surface area contributed by atoms with Gasteiger partial charge in [-0.1, -0.05) is 25.1 Å². The Bertz CT molecular complexity index is 749. The van der Waals surface area contributed by atoms with Gasteiger partial charge < -0.3 is 20.6 Å². The fourth-order valence-corrected chi connectivity index (χ4v) is 4.67. The number of piperidine rings is 2. The highest BCUT2D eigenvalue weighted by Crippen LogP contribution is 2.39. The number of benzene rings is 1. The Labute approximate surface area is 179 Å². The third-order valence-corrected chi connectivity index (χ3v) is 6.25. The molecule has 2 fully saturated rings. The van der Waals surface area contributed by atoms with Crippen molar-refractivity contribution in [1.82, 2.24) is 9.80 Å². The lowest BCUT2D eigenvalue weighted by Gasteiger charge is -2.51. The van der Waals surface area contributed by atoms with Crippen LogP contribution in [0.4, 0.5) is 0 Å². The molecule has 0 unspecified atom stereocenters. The maximum absolute atomic E-state index is 13.2. The third kappa shape index (κ3) is 4.76. The summed E-state index contributed by atoms with van der Waals surface area (Å²) in [5.41, 5.74) is 6.39. The van der Waals surface area contributed by atoms with Crippen molar-refractivity contribution >= 4 is 24.2 Å². The summed E-state index contributed by atoms with van der Waals surface area (Å²) in [6.45, 7) is 7.59. The number of amides is 2. The number of nitrogens with zero attached hydrogens (tertiary/aromatic N) is 2. The van der Waals surface area contributed by atoms with Gasteiger partial charge in [0.05, 0.1) is 11.6 Å². The molecule has 2 aliphatic rings. The van der Waals surface area contributed by atoms with Gasteiger partial charge >= 0.3 is 0 Å². The van der Waals surface area contributed by atoms with Gasteiger partial charge in [0, 0.05) is 37.2 Å². The van der Waals surface area contributed by atoms with Crippen molar-refractivity contribution in [3.8, 4) is 0 Å². The summed E-state index contributed by atoms with van der Waals surface area (Å²) in [6.07, 6.45) is 2.44. The summed E-state index contributed by atoms with van der Waals surface area (Å²) < 4.78 is 0. The number of nitrogens with two attached hydrogens (primary N) is 1. The van der Waals surface area contributed by atoms with Crippen LogP contribution in [-0.2, 0) is 11.2 Å². The van der Waals surface area contributed by atoms with Crippen LogP contribution in [0.1, 0.15) is 56.0 Å². The molecule has 162 valence electrons. The fourth-order valence-electron chi connectivity index (χ4n) is 4.67. The SMILES string of the molecule is CCc1ccccc1C(=O)N1CCC[C@]2(C1)CN(C(=O)C(C)(C)N)CC[C@H]2O.Cl. The van der Waals surface area contributed by atoms with Crippen LogP contribution in [0.25, 0.3) is 0 Å². The van der Waals surface area contributed by atoms with Crippen LogP contribution in [0.3, 0.4) is 0 Å². The maximum atomic E-state index is 13.2. The summed E-state index contributed by atoms with van der Waals surface area (Å²) >= 11 is 0. The van der Waals surface area contributed by atoms with Crippen LogP contribution in [0, 0.1) is 5.41 Å². The fraction of sp³-hybridized carbons (Fsp3) is 0.636. The second-order valence-corrected chi connectivity index (χ2v) is 8.96. The zero-order valence-electron chi connectivity index (χ0n) is 17.7. The van der Waals surface area contributed by atoms with Crippen molar-refractivity contribution in [3.05, 3.63) is 35.4 Å². The minimum Gasteiger partial charge on any atom is -0.392 e. The van der Waals surface area contributed by atoms with Gasteiger partial charge in [0.25, 0.3) is 5.91 Å². The largest absolute Gasteiger partial charge is 0.392 e. The van der Waals surface area contributed by atoms with Crippen molar-refractivity contribution in [3.63, 3.8) is 0 Å². The molecule has 0 bridgehead atoms. The van der Waals surface area contributed by atoms with Crippen LogP contribution >= 0.6 is 12.4 Å². The number of carbonyl (C=O) groups excluding carboxylic acids is 2. The summed E-state index contributed by atoms with van der Waals surface area (Å²) in [4.78, 5) is 29.6. The van der Waals surface area contributed by atoms with Gasteiger partial charge in [-0.05, 0) is 51.2 Å². The van der Waals surface area contributed by atoms with Gasteiger partial charge in [-0.3, -0.25) is 9.59 Å². The first-order valence-corrected chi connectivity index (χ1v) is 10.3. The molecule has 0 radical (unpaired) electrons. The minimum atomic E-state index is -0.937. The molecule has 6 nitrogen and oxygen atoms in total. The Kier molecular flexibility index (Phi) is 7.36. The predicted molar refractivity (Wildman–Crippen MR) is 116 cm³/mol. The quantitative estimate of drug-likeness (QED) is 0.780. The van der Waals surface area contributed by atoms with Gasteiger partial charge in [-0.25, -0.2) is 0 Å². The molecule has 29 heavy (non-hydrogen) atoms. The highest BCUT2D eigenvalue weighted by atomic mass is 35.5. The number of aliphatic hydroxyl groups excluding tert-OH is 1. The van der Waals surface area contributed by atoms with Crippen LogP contribution in [0.15, 0.2) is 24.3 Å². The zero-order chi connectivity index (χ0) is 20.5. The number of hydrogen-bond donors (Lipinski definition) is 2. The molecule has 2 saturated heterocycles. The molecule has 2 amide bonds. The highest BCUT2D eigenvalue weighted by molar-refractivity contribution is 5.95. The summed E-state index contributed by atoms with van der Waals surface area (Å²) in [7, 11) is 0. The first-order chi connectivity index (χ1) is 13.2. The Morgan fingerprint density at radius 2 is 1.86 bits per heavy atom. The minimum absolute atomic E-state index is 0. The second-order valence-electron chi connectivity index (χ2n) is 8.96. The predicted octanol–water partition coefficient (Wildman–Crippen LogP) is 2.22. The molecule has 0 saturated carbocycles. The number of rotatable bonds is 3. The van der Waals surface area contributed by atoms with Crippen molar-refractivity contribution in [2.45, 2.75) is 58.1 Å². The average molecular weight is 424 g/mol. The molecule has 7 heteroatoms. The third-order valence-electron chi connectivity index (χ3n) is 6.25. The Morgan fingerprint density at radius 3 is 2.52 bits per heavy atom. The van der Waals surface area contributed by atoms with E-state index < -0.39 is 17.1 Å². The van der Waals surface area contributed by atoms with E-state index in [1.807, 2.05) is 36.1 Å². The van der Waals surface area contributed by atoms with E-state index in [0.717, 1.165) is 30.4 Å². The van der Waals surface area contributed by atoms with Crippen LogP contribution in [0.2, 0.25) is 0 Å². The average Bonchev–Trinajstić information content (AvgIpc) is 2.68. The second kappa shape index (κ2) is 9.02. The maximum Gasteiger partial charge on any atom is 0.254 e. The summed E-state index contributed by atoms with van der Waals surface area (Å²) in [5.74, 6) is -0.0788. The van der Waals surface area contributed by atoms with Gasteiger partial charge in [-0.2, -0.15) is 0 Å². The smallest absolute Gasteiger partial charge is 0.254 e. The number of likely N-dealkylation sites (tertiary alicyclic amines) is 2. The van der Waals surface area contributed by atoms with Gasteiger partial charge in [-0.15, -0.1) is 12.4 Å². The van der Waals surface area contributed by atoms with Crippen LogP contribution in [0.5, 0.6) is 0 Å². The van der Waals surface area contributed by atoms with E-state index in [-0.39, 0.29) is 24.2 Å². The molecule has 2 atom stereocenters. The van der Waals surface area contributed by atoms with Crippen LogP contribution in [-0.4, -0.2) is 64.5 Å². The number of halogens is 1. The van der Waals surface area contributed by atoms with E-state index >= 15 is 0 Å². The lowest BCUT2D eigenvalue weighted by atomic mass is 9.71. The van der Waals surface area contributed by atoms with E-state index in [4.69, 9.17) is 5.73 Å². The van der Waals surface area contributed by atoms with E-state index in [1.54, 1.807) is 18.7 Å². The van der Waals surface area contributed by atoms with E-state index in [9.17, 15) is 14.7 Å². The molecule has 1 aromatic carbocycles. The Hall–Kier alpha value is -1.63. The number of hydrogen-bond acceptors (Lipinski definition) is 4. The van der Waals surface area contributed by atoms with E-state index in [0.29, 0.717) is 32.6 Å². The van der Waals surface area contributed by atoms with Crippen LogP contribution < -0.4 is 5.73 Å². The van der Waals surface area contributed by atoms with Gasteiger partial charge in [0.15, 0.2) is 0 Å². The van der Waals surface area contributed by atoms with Crippen molar-refractivity contribution in [1.29, 1.82) is 0 Å². The van der Waals surface area contributed by atoms with Crippen molar-refractivity contribution in [2.75, 3.05) is 26.2 Å². The number of carbonyl (C=O) groups is 2. The Balaban J connectivity index is 0.00000300. The first-order valence-electron chi connectivity index (χ1n) is 10.3. The lowest BCUT2D eigenvalue weighted by Crippen LogP contribution is -2.63. The molecule has 0 aromatic heterocycles. The van der Waals surface area contributed by atoms with E-state index in [1.165, 1.54) is 0 Å². The summed E-state index contributed by atoms with van der Waals surface area (Å²) in [6, 6.07) is 7.72. The molecule has 3 rings (SSSR count). The topological polar surface area (TPSA) is 86.9 Å². The molecular weight excluding hydrogens is 390 g/mol. The van der Waals surface area contributed by atoms with Crippen molar-refractivity contribution < 1.29 is 14.7 Å². The molecular formula is C22H34ClN3O3. The molecule has 2 aliphatic heterocycles. The zero-order valence-corrected chi connectivity index (χ0v) is 18.5. The highest BCUT2D eigenvalue weighted by Gasteiger charge is 2.48. The van der Waals surface area contributed by atoms with Crippen molar-refractivity contribution in [2.24, 2.45) is 11.1 Å². The van der Waals surface area contributed by atoms with Gasteiger partial charge in [0.2, 0.25) is 5.91 Å². The van der Waals surface area contributed by atoms with Gasteiger partial charge in [0.1, 0.15) is 0 Å². The monoisotopic (exact) mass is 423 g/mol. The molecule has 1 aromatic rings. The molecule has 2 heterocycles. The molecule has 3 N–H and O–H groups in total. The Morgan fingerprint density at radius 1 is 1.21 bits per heavy atom. The standard InChI is InChI=1S/C22H33N3O3.ClH/c1-4-16-8-5-6-9-17(16)19(27)24-12-7-11-22(14-24)15-25(13-10-18(22)26)20(28)21(2,3)23;/h5-6,8-9,18,26H,4,7,10-15,23H2,1-3H3;1H/t18-,22+;/m1./s1.